The fourth-order valence-electron chi connectivity index (χ4n) is 2.26. The fourth-order valence-corrected chi connectivity index (χ4v) is 2.26. The average Bonchev–Trinajstić information content (AvgIpc) is 2.81. The lowest BCUT2D eigenvalue weighted by molar-refractivity contribution is 0.933. The lowest BCUT2D eigenvalue weighted by Crippen LogP contribution is -1.91. The highest BCUT2D eigenvalue weighted by atomic mass is 14.7. The van der Waals surface area contributed by atoms with Gasteiger partial charge in [-0.15, -0.1) is 0 Å². The van der Waals surface area contributed by atoms with E-state index in [0.717, 1.165) is 12.8 Å². The first kappa shape index (κ1) is 10.2. The zero-order valence-corrected chi connectivity index (χ0v) is 9.69. The molecule has 0 fully saturated rings. The largest absolute Gasteiger partial charge is 0.364 e. The van der Waals surface area contributed by atoms with Crippen molar-refractivity contribution in [1.82, 2.24) is 4.98 Å². The van der Waals surface area contributed by atoms with Crippen molar-refractivity contribution in [3.05, 3.63) is 72.1 Å². The quantitative estimate of drug-likeness (QED) is 0.689. The van der Waals surface area contributed by atoms with E-state index in [2.05, 4.69) is 65.8 Å². The van der Waals surface area contributed by atoms with E-state index < -0.39 is 0 Å². The molecule has 1 aromatic heterocycles. The van der Waals surface area contributed by atoms with Crippen molar-refractivity contribution in [3.63, 3.8) is 0 Å². The summed E-state index contributed by atoms with van der Waals surface area (Å²) in [5, 5.41) is 2.65. The van der Waals surface area contributed by atoms with Crippen molar-refractivity contribution in [1.29, 1.82) is 0 Å². The van der Waals surface area contributed by atoms with Crippen molar-refractivity contribution in [2.24, 2.45) is 0 Å². The van der Waals surface area contributed by atoms with Gasteiger partial charge in [-0.2, -0.15) is 0 Å². The van der Waals surface area contributed by atoms with Gasteiger partial charge >= 0.3 is 0 Å². The van der Waals surface area contributed by atoms with E-state index in [1.807, 2.05) is 0 Å². The van der Waals surface area contributed by atoms with Gasteiger partial charge < -0.3 is 4.98 Å². The lowest BCUT2D eigenvalue weighted by Gasteiger charge is -2.00. The van der Waals surface area contributed by atoms with Crippen molar-refractivity contribution >= 4 is 10.8 Å². The summed E-state index contributed by atoms with van der Waals surface area (Å²) in [4.78, 5) is 3.38. The van der Waals surface area contributed by atoms with Crippen LogP contribution in [0.2, 0.25) is 0 Å². The third kappa shape index (κ3) is 2.09. The number of rotatable bonds is 3. The topological polar surface area (TPSA) is 15.8 Å². The minimum Gasteiger partial charge on any atom is -0.364 e. The number of H-pyrrole nitrogens is 1. The lowest BCUT2D eigenvalue weighted by atomic mass is 10.1. The first-order chi connectivity index (χ1) is 8.43. The van der Waals surface area contributed by atoms with Gasteiger partial charge in [0.25, 0.3) is 0 Å². The molecule has 0 saturated heterocycles. The maximum absolute atomic E-state index is 3.38. The SMILES string of the molecule is c1ccc(CCc2[nH]cc3ccccc23)cc1. The van der Waals surface area contributed by atoms with Crippen molar-refractivity contribution < 1.29 is 0 Å². The molecule has 0 aliphatic carbocycles. The number of aromatic nitrogens is 1. The van der Waals surface area contributed by atoms with Gasteiger partial charge in [0.1, 0.15) is 0 Å². The van der Waals surface area contributed by atoms with Gasteiger partial charge in [-0.3, -0.25) is 0 Å². The molecular weight excluding hydrogens is 206 g/mol. The Balaban J connectivity index is 1.82. The molecule has 3 rings (SSSR count). The molecule has 0 aliphatic heterocycles. The van der Waals surface area contributed by atoms with E-state index in [1.54, 1.807) is 0 Å². The number of aromatic amines is 1. The Morgan fingerprint density at radius 2 is 1.53 bits per heavy atom. The van der Waals surface area contributed by atoms with Crippen LogP contribution in [0, 0.1) is 0 Å². The second-order valence-electron chi connectivity index (χ2n) is 4.34. The van der Waals surface area contributed by atoms with Crippen LogP contribution < -0.4 is 0 Å². The Hall–Kier alpha value is -2.02. The van der Waals surface area contributed by atoms with E-state index in [1.165, 1.54) is 22.0 Å². The van der Waals surface area contributed by atoms with Crippen LogP contribution in [0.25, 0.3) is 10.8 Å². The molecule has 0 amide bonds. The molecule has 1 nitrogen and oxygen atoms in total. The third-order valence-electron chi connectivity index (χ3n) is 3.19. The average molecular weight is 221 g/mol. The molecular formula is C16H15N. The Bertz CT molecular complexity index is 608. The van der Waals surface area contributed by atoms with Crippen LogP contribution in [0.4, 0.5) is 0 Å². The minimum atomic E-state index is 1.07. The van der Waals surface area contributed by atoms with E-state index in [0.29, 0.717) is 0 Å². The van der Waals surface area contributed by atoms with Gasteiger partial charge in [-0.25, -0.2) is 0 Å². The highest BCUT2D eigenvalue weighted by Gasteiger charge is 2.02. The normalized spacial score (nSPS) is 10.8. The van der Waals surface area contributed by atoms with Gasteiger partial charge in [0.05, 0.1) is 0 Å². The van der Waals surface area contributed by atoms with Gasteiger partial charge in [0.15, 0.2) is 0 Å². The monoisotopic (exact) mass is 221 g/mol. The Morgan fingerprint density at radius 3 is 2.41 bits per heavy atom. The van der Waals surface area contributed by atoms with Gasteiger partial charge in [0, 0.05) is 17.3 Å². The molecule has 0 spiro atoms. The van der Waals surface area contributed by atoms with Crippen LogP contribution in [0.3, 0.4) is 0 Å². The molecule has 0 aliphatic rings. The second kappa shape index (κ2) is 4.46. The summed E-state index contributed by atoms with van der Waals surface area (Å²) in [6.45, 7) is 0. The molecule has 1 N–H and O–H groups in total. The summed E-state index contributed by atoms with van der Waals surface area (Å²) in [5.74, 6) is 0. The molecule has 0 saturated carbocycles. The van der Waals surface area contributed by atoms with Crippen LogP contribution in [-0.4, -0.2) is 4.98 Å². The third-order valence-corrected chi connectivity index (χ3v) is 3.19. The van der Waals surface area contributed by atoms with E-state index in [9.17, 15) is 0 Å². The number of hydrogen-bond donors (Lipinski definition) is 1. The van der Waals surface area contributed by atoms with Crippen molar-refractivity contribution in [2.45, 2.75) is 12.8 Å². The van der Waals surface area contributed by atoms with Crippen LogP contribution in [0.5, 0.6) is 0 Å². The predicted octanol–water partition coefficient (Wildman–Crippen LogP) is 3.95. The highest BCUT2D eigenvalue weighted by molar-refractivity contribution is 5.85. The molecule has 0 bridgehead atoms. The Morgan fingerprint density at radius 1 is 0.765 bits per heavy atom. The smallest absolute Gasteiger partial charge is 0.0230 e. The highest BCUT2D eigenvalue weighted by Crippen LogP contribution is 2.19. The molecule has 17 heavy (non-hydrogen) atoms. The van der Waals surface area contributed by atoms with E-state index in [4.69, 9.17) is 0 Å². The number of fused-ring (bicyclic) bond motifs is 1. The molecule has 0 unspecified atom stereocenters. The summed E-state index contributed by atoms with van der Waals surface area (Å²) in [5.41, 5.74) is 2.73. The van der Waals surface area contributed by atoms with Crippen LogP contribution in [0.1, 0.15) is 11.3 Å². The van der Waals surface area contributed by atoms with Crippen LogP contribution in [-0.2, 0) is 12.8 Å². The van der Waals surface area contributed by atoms with Crippen LogP contribution >= 0.6 is 0 Å². The van der Waals surface area contributed by atoms with Crippen LogP contribution in [0.15, 0.2) is 60.8 Å². The van der Waals surface area contributed by atoms with E-state index >= 15 is 0 Å². The zero-order valence-electron chi connectivity index (χ0n) is 9.69. The first-order valence-corrected chi connectivity index (χ1v) is 6.02. The molecule has 1 heterocycles. The number of nitrogens with one attached hydrogen (secondary N) is 1. The summed E-state index contributed by atoms with van der Waals surface area (Å²) in [6.07, 6.45) is 4.25. The minimum absolute atomic E-state index is 1.07. The maximum Gasteiger partial charge on any atom is 0.0230 e. The number of hydrogen-bond acceptors (Lipinski definition) is 0. The zero-order chi connectivity index (χ0) is 11.5. The maximum atomic E-state index is 3.38. The van der Waals surface area contributed by atoms with E-state index in [-0.39, 0.29) is 0 Å². The number of benzene rings is 2. The molecule has 84 valence electrons. The van der Waals surface area contributed by atoms with Gasteiger partial charge in [-0.05, 0) is 23.8 Å². The molecule has 0 atom stereocenters. The Kier molecular flexibility index (Phi) is 2.66. The standard InChI is InChI=1S/C16H15N/c1-2-6-13(7-3-1)10-11-16-15-9-5-4-8-14(15)12-17-16/h1-9,12,17H,10-11H2. The Labute approximate surface area is 101 Å². The fraction of sp³-hybridized carbons (Fsp3) is 0.125. The second-order valence-corrected chi connectivity index (χ2v) is 4.34. The van der Waals surface area contributed by atoms with Crippen molar-refractivity contribution in [3.8, 4) is 0 Å². The predicted molar refractivity (Wildman–Crippen MR) is 72.1 cm³/mol. The van der Waals surface area contributed by atoms with Gasteiger partial charge in [-0.1, -0.05) is 54.6 Å². The summed E-state index contributed by atoms with van der Waals surface area (Å²) < 4.78 is 0. The first-order valence-electron chi connectivity index (χ1n) is 6.02. The number of aryl methyl sites for hydroxylation is 2. The summed E-state index contributed by atoms with van der Waals surface area (Å²) >= 11 is 0. The molecule has 1 heteroatoms. The van der Waals surface area contributed by atoms with Crippen molar-refractivity contribution in [2.75, 3.05) is 0 Å². The molecule has 3 aromatic rings. The molecule has 2 aromatic carbocycles. The van der Waals surface area contributed by atoms with Gasteiger partial charge in [0.2, 0.25) is 0 Å². The molecule has 0 radical (unpaired) electrons. The summed E-state index contributed by atoms with van der Waals surface area (Å²) in [6, 6.07) is 19.2. The summed E-state index contributed by atoms with van der Waals surface area (Å²) in [7, 11) is 0.